The minimum Gasteiger partial charge on any atom is -0.489 e. The number of carbonyl (C=O) groups excluding carboxylic acids is 1. The Kier molecular flexibility index (Phi) is 5.94. The molecule has 10 heteroatoms. The molecule has 26 heavy (non-hydrogen) atoms. The Morgan fingerprint density at radius 2 is 1.92 bits per heavy atom. The number of rotatable bonds is 5. The van der Waals surface area contributed by atoms with Gasteiger partial charge in [0, 0.05) is 13.1 Å². The Balaban J connectivity index is 1.87. The van der Waals surface area contributed by atoms with Crippen molar-refractivity contribution in [3.8, 4) is 5.75 Å². The van der Waals surface area contributed by atoms with Gasteiger partial charge in [-0.2, -0.15) is 13.2 Å². The van der Waals surface area contributed by atoms with E-state index in [1.165, 1.54) is 24.3 Å². The molecular weight excluding hydrogens is 360 g/mol. The van der Waals surface area contributed by atoms with Crippen LogP contribution >= 0.6 is 0 Å². The Hall–Kier alpha value is -2.52. The van der Waals surface area contributed by atoms with Crippen LogP contribution < -0.4 is 10.1 Å². The Morgan fingerprint density at radius 3 is 2.42 bits per heavy atom. The first-order valence-corrected chi connectivity index (χ1v) is 7.82. The molecule has 2 amide bonds. The van der Waals surface area contributed by atoms with Crippen molar-refractivity contribution in [2.24, 2.45) is 11.8 Å². The zero-order valence-electron chi connectivity index (χ0n) is 13.8. The highest BCUT2D eigenvalue weighted by Crippen LogP contribution is 2.37. The van der Waals surface area contributed by atoms with Crippen LogP contribution in [0.5, 0.6) is 5.75 Å². The van der Waals surface area contributed by atoms with Gasteiger partial charge in [0.05, 0.1) is 18.4 Å². The Morgan fingerprint density at radius 1 is 1.31 bits per heavy atom. The minimum absolute atomic E-state index is 0.0128. The average Bonchev–Trinajstić information content (AvgIpc) is 3.01. The predicted octanol–water partition coefficient (Wildman–Crippen LogP) is 2.50. The van der Waals surface area contributed by atoms with Crippen molar-refractivity contribution in [1.82, 2.24) is 10.2 Å². The Bertz CT molecular complexity index is 651. The largest absolute Gasteiger partial charge is 0.489 e. The van der Waals surface area contributed by atoms with Crippen LogP contribution in [0, 0.1) is 17.7 Å². The molecule has 6 nitrogen and oxygen atoms in total. The Labute approximate surface area is 146 Å². The summed E-state index contributed by atoms with van der Waals surface area (Å²) in [5.41, 5.74) is 0. The van der Waals surface area contributed by atoms with Gasteiger partial charge >= 0.3 is 18.2 Å². The van der Waals surface area contributed by atoms with Crippen molar-refractivity contribution in [1.29, 1.82) is 0 Å². The first kappa shape index (κ1) is 19.8. The lowest BCUT2D eigenvalue weighted by atomic mass is 9.96. The van der Waals surface area contributed by atoms with Crippen LogP contribution in [0.25, 0.3) is 0 Å². The first-order chi connectivity index (χ1) is 12.1. The molecule has 0 radical (unpaired) electrons. The zero-order valence-corrected chi connectivity index (χ0v) is 13.8. The number of amides is 2. The van der Waals surface area contributed by atoms with E-state index in [1.807, 2.05) is 0 Å². The van der Waals surface area contributed by atoms with Gasteiger partial charge in [-0.15, -0.1) is 0 Å². The van der Waals surface area contributed by atoms with Gasteiger partial charge in [0.15, 0.2) is 0 Å². The number of nitrogens with one attached hydrogen (secondary N) is 1. The van der Waals surface area contributed by atoms with Gasteiger partial charge in [0.1, 0.15) is 17.7 Å². The number of urea groups is 1. The van der Waals surface area contributed by atoms with E-state index in [2.05, 4.69) is 5.32 Å². The molecule has 0 spiro atoms. The third-order valence-corrected chi connectivity index (χ3v) is 4.04. The van der Waals surface area contributed by atoms with Crippen molar-refractivity contribution < 1.29 is 37.0 Å². The van der Waals surface area contributed by atoms with Gasteiger partial charge in [-0.05, 0) is 31.2 Å². The van der Waals surface area contributed by atoms with E-state index in [4.69, 9.17) is 9.84 Å². The maximum absolute atomic E-state index is 12.9. The number of carbonyl (C=O) groups is 2. The van der Waals surface area contributed by atoms with Gasteiger partial charge in [-0.3, -0.25) is 4.79 Å². The summed E-state index contributed by atoms with van der Waals surface area (Å²) in [4.78, 5) is 23.9. The molecule has 144 valence electrons. The van der Waals surface area contributed by atoms with Gasteiger partial charge in [-0.1, -0.05) is 0 Å². The number of nitrogens with zero attached hydrogens (tertiary/aromatic N) is 1. The molecule has 1 saturated heterocycles. The molecule has 0 aromatic heterocycles. The van der Waals surface area contributed by atoms with E-state index in [0.29, 0.717) is 5.75 Å². The number of likely N-dealkylation sites (tertiary alicyclic amines) is 1. The molecule has 1 heterocycles. The van der Waals surface area contributed by atoms with Crippen molar-refractivity contribution in [2.75, 3.05) is 19.6 Å². The minimum atomic E-state index is -4.70. The number of halogens is 4. The number of carboxylic acids is 1. The monoisotopic (exact) mass is 378 g/mol. The van der Waals surface area contributed by atoms with E-state index in [0.717, 1.165) is 4.90 Å². The molecule has 1 unspecified atom stereocenters. The molecule has 0 aliphatic carbocycles. The van der Waals surface area contributed by atoms with Crippen LogP contribution in [0.1, 0.15) is 6.92 Å². The molecule has 0 saturated carbocycles. The smallest absolute Gasteiger partial charge is 0.394 e. The summed E-state index contributed by atoms with van der Waals surface area (Å²) in [6, 6.07) is 4.42. The van der Waals surface area contributed by atoms with Crippen LogP contribution in [0.15, 0.2) is 24.3 Å². The first-order valence-electron chi connectivity index (χ1n) is 7.82. The molecule has 2 N–H and O–H groups in total. The summed E-state index contributed by atoms with van der Waals surface area (Å²) in [7, 11) is 0. The fourth-order valence-electron chi connectivity index (χ4n) is 2.68. The SMILES string of the molecule is CC(CNC(=O)N1C[C@@H](C(F)(F)F)[C@H](C(=O)O)C1)Oc1ccc(F)cc1. The lowest BCUT2D eigenvalue weighted by molar-refractivity contribution is -0.187. The highest BCUT2D eigenvalue weighted by molar-refractivity contribution is 5.77. The standard InChI is InChI=1S/C16H18F4N2O4/c1-9(26-11-4-2-10(17)3-5-11)6-21-15(25)22-7-12(14(23)24)13(8-22)16(18,19)20/h2-5,9,12-13H,6-8H2,1H3,(H,21,25)(H,23,24)/t9?,12-,13-/m1/s1. The molecule has 1 fully saturated rings. The van der Waals surface area contributed by atoms with Gasteiger partial charge in [0.2, 0.25) is 0 Å². The fraction of sp³-hybridized carbons (Fsp3) is 0.500. The van der Waals surface area contributed by atoms with Crippen LogP contribution in [-0.2, 0) is 4.79 Å². The van der Waals surface area contributed by atoms with E-state index < -0.39 is 55.0 Å². The normalized spacial score (nSPS) is 21.3. The molecule has 0 bridgehead atoms. The second-order valence-electron chi connectivity index (χ2n) is 6.07. The second-order valence-corrected chi connectivity index (χ2v) is 6.07. The van der Waals surface area contributed by atoms with Gasteiger partial charge in [-0.25, -0.2) is 9.18 Å². The van der Waals surface area contributed by atoms with Crippen LogP contribution in [-0.4, -0.2) is 53.9 Å². The van der Waals surface area contributed by atoms with Gasteiger partial charge in [0.25, 0.3) is 0 Å². The average molecular weight is 378 g/mol. The third kappa shape index (κ3) is 4.99. The number of hydrogen-bond donors (Lipinski definition) is 2. The number of aliphatic carboxylic acids is 1. The summed E-state index contributed by atoms with van der Waals surface area (Å²) >= 11 is 0. The number of ether oxygens (including phenoxy) is 1. The fourth-order valence-corrected chi connectivity index (χ4v) is 2.68. The highest BCUT2D eigenvalue weighted by Gasteiger charge is 2.53. The topological polar surface area (TPSA) is 78.9 Å². The summed E-state index contributed by atoms with van der Waals surface area (Å²) < 4.78 is 57.0. The third-order valence-electron chi connectivity index (χ3n) is 4.04. The van der Waals surface area contributed by atoms with Crippen molar-refractivity contribution >= 4 is 12.0 Å². The number of alkyl halides is 3. The van der Waals surface area contributed by atoms with Crippen molar-refractivity contribution in [3.05, 3.63) is 30.1 Å². The van der Waals surface area contributed by atoms with E-state index in [9.17, 15) is 27.2 Å². The molecule has 1 aromatic carbocycles. The predicted molar refractivity (Wildman–Crippen MR) is 82.1 cm³/mol. The van der Waals surface area contributed by atoms with Crippen molar-refractivity contribution in [3.63, 3.8) is 0 Å². The number of hydrogen-bond acceptors (Lipinski definition) is 3. The van der Waals surface area contributed by atoms with Crippen molar-refractivity contribution in [2.45, 2.75) is 19.2 Å². The summed E-state index contributed by atoms with van der Waals surface area (Å²) in [6.07, 6.45) is -5.22. The molecule has 3 atom stereocenters. The van der Waals surface area contributed by atoms with E-state index >= 15 is 0 Å². The maximum Gasteiger partial charge on any atom is 0.394 e. The molecule has 2 rings (SSSR count). The highest BCUT2D eigenvalue weighted by atomic mass is 19.4. The number of carboxylic acid groups (broad SMARTS) is 1. The molecule has 1 aliphatic rings. The zero-order chi connectivity index (χ0) is 19.5. The molecule has 1 aliphatic heterocycles. The van der Waals surface area contributed by atoms with Crippen LogP contribution in [0.4, 0.5) is 22.4 Å². The summed E-state index contributed by atoms with van der Waals surface area (Å²) in [5.74, 6) is -5.43. The molecular formula is C16H18F4N2O4. The van der Waals surface area contributed by atoms with Crippen LogP contribution in [0.3, 0.4) is 0 Å². The maximum atomic E-state index is 12.9. The molecule has 1 aromatic rings. The van der Waals surface area contributed by atoms with E-state index in [-0.39, 0.29) is 6.54 Å². The number of benzene rings is 1. The quantitative estimate of drug-likeness (QED) is 0.772. The second kappa shape index (κ2) is 7.79. The van der Waals surface area contributed by atoms with Gasteiger partial charge < -0.3 is 20.1 Å². The summed E-state index contributed by atoms with van der Waals surface area (Å²) in [6.45, 7) is 0.380. The lowest BCUT2D eigenvalue weighted by Gasteiger charge is -2.20. The van der Waals surface area contributed by atoms with Crippen LogP contribution in [0.2, 0.25) is 0 Å². The lowest BCUT2D eigenvalue weighted by Crippen LogP contribution is -2.43. The summed E-state index contributed by atoms with van der Waals surface area (Å²) in [5, 5.41) is 11.4. The van der Waals surface area contributed by atoms with E-state index in [1.54, 1.807) is 6.92 Å².